The third kappa shape index (κ3) is 2.83. The van der Waals surface area contributed by atoms with E-state index in [0.29, 0.717) is 5.56 Å². The van der Waals surface area contributed by atoms with E-state index in [1.54, 1.807) is 24.3 Å². The van der Waals surface area contributed by atoms with Crippen molar-refractivity contribution in [2.75, 3.05) is 7.11 Å². The Morgan fingerprint density at radius 2 is 1.83 bits per heavy atom. The Bertz CT molecular complexity index is 258. The highest BCUT2D eigenvalue weighted by Gasteiger charge is 2.02. The van der Waals surface area contributed by atoms with E-state index in [0.717, 1.165) is 4.47 Å². The van der Waals surface area contributed by atoms with E-state index in [1.165, 1.54) is 7.11 Å². The molecule has 0 saturated heterocycles. The fourth-order valence-corrected chi connectivity index (χ4v) is 0.968. The molecule has 0 aromatic heterocycles. The summed E-state index contributed by atoms with van der Waals surface area (Å²) in [6.07, 6.45) is 0. The fourth-order valence-electron chi connectivity index (χ4n) is 0.704. The number of ether oxygens (including phenoxy) is 1. The van der Waals surface area contributed by atoms with Crippen LogP contribution in [0.4, 0.5) is 0 Å². The summed E-state index contributed by atoms with van der Waals surface area (Å²) in [6, 6.07) is 7.00. The lowest BCUT2D eigenvalue weighted by atomic mass is 10.2. The van der Waals surface area contributed by atoms with Crippen molar-refractivity contribution in [3.05, 3.63) is 34.3 Å². The molecule has 66 valence electrons. The van der Waals surface area contributed by atoms with Gasteiger partial charge in [-0.2, -0.15) is 0 Å². The van der Waals surface area contributed by atoms with Crippen LogP contribution < -0.4 is 0 Å². The average Bonchev–Trinajstić information content (AvgIpc) is 2.05. The molecule has 1 aromatic carbocycles. The first-order chi connectivity index (χ1) is 5.24. The first-order valence-electron chi connectivity index (χ1n) is 3.08. The lowest BCUT2D eigenvalue weighted by Crippen LogP contribution is -1.99. The minimum Gasteiger partial charge on any atom is -0.465 e. The molecule has 1 rings (SSSR count). The van der Waals surface area contributed by atoms with Gasteiger partial charge in [0.2, 0.25) is 0 Å². The van der Waals surface area contributed by atoms with Crippen LogP contribution in [0.2, 0.25) is 0 Å². The molecule has 0 aliphatic heterocycles. The van der Waals surface area contributed by atoms with E-state index in [-0.39, 0.29) is 18.4 Å². The number of methoxy groups -OCH3 is 1. The van der Waals surface area contributed by atoms with Gasteiger partial charge in [0.15, 0.2) is 0 Å². The largest absolute Gasteiger partial charge is 0.465 e. The van der Waals surface area contributed by atoms with Gasteiger partial charge in [-0.1, -0.05) is 15.9 Å². The maximum atomic E-state index is 10.9. The van der Waals surface area contributed by atoms with E-state index in [4.69, 9.17) is 0 Å². The van der Waals surface area contributed by atoms with Crippen LogP contribution in [0.25, 0.3) is 0 Å². The SMILES string of the molecule is COC(=O)c1ccc(Br)cc1.Cl. The molecule has 12 heavy (non-hydrogen) atoms. The van der Waals surface area contributed by atoms with Gasteiger partial charge in [0, 0.05) is 4.47 Å². The Morgan fingerprint density at radius 1 is 1.33 bits per heavy atom. The lowest BCUT2D eigenvalue weighted by Gasteiger charge is -1.97. The van der Waals surface area contributed by atoms with Gasteiger partial charge in [-0.25, -0.2) is 4.79 Å². The molecule has 0 spiro atoms. The van der Waals surface area contributed by atoms with E-state index in [1.807, 2.05) is 0 Å². The quantitative estimate of drug-likeness (QED) is 0.717. The molecule has 0 heterocycles. The second-order valence-corrected chi connectivity index (χ2v) is 2.91. The van der Waals surface area contributed by atoms with Gasteiger partial charge in [0.05, 0.1) is 12.7 Å². The van der Waals surface area contributed by atoms with Crippen molar-refractivity contribution < 1.29 is 9.53 Å². The average molecular weight is 252 g/mol. The summed E-state index contributed by atoms with van der Waals surface area (Å²) < 4.78 is 5.47. The molecule has 0 N–H and O–H groups in total. The Labute approximate surface area is 85.5 Å². The van der Waals surface area contributed by atoms with Crippen LogP contribution in [0.1, 0.15) is 10.4 Å². The molecular weight excluding hydrogens is 243 g/mol. The van der Waals surface area contributed by atoms with E-state index in [2.05, 4.69) is 20.7 Å². The van der Waals surface area contributed by atoms with Crippen molar-refractivity contribution in [1.29, 1.82) is 0 Å². The Morgan fingerprint density at radius 3 is 2.25 bits per heavy atom. The molecule has 0 saturated carbocycles. The first kappa shape index (κ1) is 11.5. The first-order valence-corrected chi connectivity index (χ1v) is 3.87. The van der Waals surface area contributed by atoms with Gasteiger partial charge in [-0.05, 0) is 24.3 Å². The predicted octanol–water partition coefficient (Wildman–Crippen LogP) is 2.66. The molecule has 0 radical (unpaired) electrons. The predicted molar refractivity (Wildman–Crippen MR) is 52.7 cm³/mol. The highest BCUT2D eigenvalue weighted by atomic mass is 79.9. The number of carbonyl (C=O) groups is 1. The van der Waals surface area contributed by atoms with Crippen molar-refractivity contribution >= 4 is 34.3 Å². The highest BCUT2D eigenvalue weighted by Crippen LogP contribution is 2.10. The summed E-state index contributed by atoms with van der Waals surface area (Å²) in [6.45, 7) is 0. The Hall–Kier alpha value is -0.540. The van der Waals surface area contributed by atoms with Crippen molar-refractivity contribution in [2.24, 2.45) is 0 Å². The van der Waals surface area contributed by atoms with Crippen LogP contribution in [-0.2, 0) is 4.74 Å². The van der Waals surface area contributed by atoms with Crippen LogP contribution in [0, 0.1) is 0 Å². The topological polar surface area (TPSA) is 26.3 Å². The second-order valence-electron chi connectivity index (χ2n) is 2.00. The Kier molecular flexibility index (Phi) is 4.93. The number of esters is 1. The van der Waals surface area contributed by atoms with Crippen molar-refractivity contribution in [1.82, 2.24) is 0 Å². The summed E-state index contributed by atoms with van der Waals surface area (Å²) in [5.41, 5.74) is 0.565. The standard InChI is InChI=1S/C8H7BrO2.ClH/c1-11-8(10)6-2-4-7(9)5-3-6;/h2-5H,1H3;1H. The van der Waals surface area contributed by atoms with E-state index < -0.39 is 0 Å². The molecule has 0 atom stereocenters. The molecule has 4 heteroatoms. The third-order valence-corrected chi connectivity index (χ3v) is 1.79. The second kappa shape index (κ2) is 5.17. The maximum absolute atomic E-state index is 10.9. The van der Waals surface area contributed by atoms with Crippen LogP contribution in [0.5, 0.6) is 0 Å². The molecule has 0 aliphatic carbocycles. The van der Waals surface area contributed by atoms with Crippen molar-refractivity contribution in [3.8, 4) is 0 Å². The maximum Gasteiger partial charge on any atom is 0.337 e. The zero-order valence-electron chi connectivity index (χ0n) is 6.41. The number of hydrogen-bond donors (Lipinski definition) is 0. The monoisotopic (exact) mass is 250 g/mol. The van der Waals surface area contributed by atoms with Crippen LogP contribution in [-0.4, -0.2) is 13.1 Å². The molecule has 2 nitrogen and oxygen atoms in total. The number of rotatable bonds is 1. The van der Waals surface area contributed by atoms with Crippen LogP contribution in [0.3, 0.4) is 0 Å². The van der Waals surface area contributed by atoms with Gasteiger partial charge >= 0.3 is 5.97 Å². The molecule has 1 aromatic rings. The summed E-state index contributed by atoms with van der Waals surface area (Å²) in [5, 5.41) is 0. The lowest BCUT2D eigenvalue weighted by molar-refractivity contribution is 0.0600. The summed E-state index contributed by atoms with van der Waals surface area (Å²) in [4.78, 5) is 10.9. The zero-order valence-corrected chi connectivity index (χ0v) is 8.81. The Balaban J connectivity index is 0.00000121. The van der Waals surface area contributed by atoms with Crippen LogP contribution >= 0.6 is 28.3 Å². The number of halogens is 2. The fraction of sp³-hybridized carbons (Fsp3) is 0.125. The number of carbonyl (C=O) groups excluding carboxylic acids is 1. The van der Waals surface area contributed by atoms with Gasteiger partial charge < -0.3 is 4.74 Å². The third-order valence-electron chi connectivity index (χ3n) is 1.27. The molecule has 0 aliphatic rings. The normalized spacial score (nSPS) is 8.50. The minimum absolute atomic E-state index is 0. The van der Waals surface area contributed by atoms with E-state index >= 15 is 0 Å². The molecule has 0 amide bonds. The summed E-state index contributed by atoms with van der Waals surface area (Å²) in [7, 11) is 1.37. The van der Waals surface area contributed by atoms with Crippen molar-refractivity contribution in [3.63, 3.8) is 0 Å². The van der Waals surface area contributed by atoms with Crippen LogP contribution in [0.15, 0.2) is 28.7 Å². The number of benzene rings is 1. The highest BCUT2D eigenvalue weighted by molar-refractivity contribution is 9.10. The van der Waals surface area contributed by atoms with Gasteiger partial charge in [-0.3, -0.25) is 0 Å². The number of hydrogen-bond acceptors (Lipinski definition) is 2. The minimum atomic E-state index is -0.308. The molecule has 0 unspecified atom stereocenters. The molecular formula is C8H8BrClO2. The van der Waals surface area contributed by atoms with Gasteiger partial charge in [0.1, 0.15) is 0 Å². The van der Waals surface area contributed by atoms with E-state index in [9.17, 15) is 4.79 Å². The molecule has 0 bridgehead atoms. The zero-order chi connectivity index (χ0) is 8.27. The smallest absolute Gasteiger partial charge is 0.337 e. The van der Waals surface area contributed by atoms with Gasteiger partial charge in [-0.15, -0.1) is 12.4 Å². The van der Waals surface area contributed by atoms with Gasteiger partial charge in [0.25, 0.3) is 0 Å². The summed E-state index contributed by atoms with van der Waals surface area (Å²) in [5.74, 6) is -0.308. The summed E-state index contributed by atoms with van der Waals surface area (Å²) >= 11 is 3.26. The van der Waals surface area contributed by atoms with Crippen molar-refractivity contribution in [2.45, 2.75) is 0 Å². The molecule has 0 fully saturated rings.